The number of sulfonamides is 1. The maximum atomic E-state index is 13.2. The molecule has 0 spiro atoms. The molecule has 1 N–H and O–H groups in total. The monoisotopic (exact) mass is 320 g/mol. The lowest BCUT2D eigenvalue weighted by Crippen LogP contribution is -2.36. The molecule has 116 valence electrons. The molecule has 1 aromatic carbocycles. The summed E-state index contributed by atoms with van der Waals surface area (Å²) in [6, 6.07) is 2.10. The Hall–Kier alpha value is -2.07. The van der Waals surface area contributed by atoms with E-state index >= 15 is 0 Å². The largest absolute Gasteiger partial charge is 0.480 e. The van der Waals surface area contributed by atoms with Crippen molar-refractivity contribution in [1.82, 2.24) is 4.31 Å². The van der Waals surface area contributed by atoms with Gasteiger partial charge in [-0.15, -0.1) is 0 Å². The Balaban J connectivity index is 3.30. The van der Waals surface area contributed by atoms with E-state index in [1.54, 1.807) is 6.92 Å². The first-order valence-electron chi connectivity index (χ1n) is 5.86. The van der Waals surface area contributed by atoms with Crippen LogP contribution in [0, 0.1) is 15.9 Å². The first-order chi connectivity index (χ1) is 9.70. The Morgan fingerprint density at radius 1 is 1.48 bits per heavy atom. The van der Waals surface area contributed by atoms with E-state index in [9.17, 15) is 27.7 Å². The van der Waals surface area contributed by atoms with Gasteiger partial charge in [0.2, 0.25) is 15.8 Å². The zero-order valence-corrected chi connectivity index (χ0v) is 11.8. The lowest BCUT2D eigenvalue weighted by molar-refractivity contribution is -0.387. The zero-order valence-electron chi connectivity index (χ0n) is 11.0. The van der Waals surface area contributed by atoms with E-state index in [1.165, 1.54) is 0 Å². The van der Waals surface area contributed by atoms with Gasteiger partial charge in [0.05, 0.1) is 9.82 Å². The quantitative estimate of drug-likeness (QED) is 0.596. The topological polar surface area (TPSA) is 118 Å². The number of carboxylic acid groups (broad SMARTS) is 1. The maximum absolute atomic E-state index is 13.2. The molecule has 0 saturated heterocycles. The van der Waals surface area contributed by atoms with E-state index in [2.05, 4.69) is 0 Å². The number of rotatable bonds is 7. The van der Waals surface area contributed by atoms with E-state index in [-0.39, 0.29) is 6.54 Å². The van der Waals surface area contributed by atoms with Crippen molar-refractivity contribution in [2.24, 2.45) is 0 Å². The normalized spacial score (nSPS) is 11.6. The van der Waals surface area contributed by atoms with E-state index in [1.807, 2.05) is 0 Å². The van der Waals surface area contributed by atoms with Crippen molar-refractivity contribution in [2.45, 2.75) is 18.2 Å². The number of carbonyl (C=O) groups is 1. The average Bonchev–Trinajstić information content (AvgIpc) is 2.37. The van der Waals surface area contributed by atoms with Crippen molar-refractivity contribution in [3.05, 3.63) is 34.1 Å². The van der Waals surface area contributed by atoms with Crippen molar-refractivity contribution < 1.29 is 27.6 Å². The third-order valence-electron chi connectivity index (χ3n) is 2.54. The van der Waals surface area contributed by atoms with Crippen LogP contribution >= 0.6 is 0 Å². The third-order valence-corrected chi connectivity index (χ3v) is 4.38. The second-order valence-corrected chi connectivity index (χ2v) is 6.04. The Bertz CT molecular complexity index is 661. The number of aliphatic carboxylic acids is 1. The van der Waals surface area contributed by atoms with Gasteiger partial charge < -0.3 is 5.11 Å². The summed E-state index contributed by atoms with van der Waals surface area (Å²) >= 11 is 0. The fraction of sp³-hybridized carbons (Fsp3) is 0.364. The van der Waals surface area contributed by atoms with Gasteiger partial charge in [0.1, 0.15) is 6.54 Å². The van der Waals surface area contributed by atoms with Crippen LogP contribution in [0.15, 0.2) is 23.1 Å². The van der Waals surface area contributed by atoms with Crippen LogP contribution < -0.4 is 0 Å². The van der Waals surface area contributed by atoms with Gasteiger partial charge in [-0.25, -0.2) is 8.42 Å². The van der Waals surface area contributed by atoms with Crippen molar-refractivity contribution in [1.29, 1.82) is 0 Å². The highest BCUT2D eigenvalue weighted by Crippen LogP contribution is 2.24. The molecule has 0 bridgehead atoms. The molecule has 0 aliphatic rings. The molecule has 0 aliphatic carbocycles. The number of nitro groups is 1. The Labute approximate surface area is 120 Å². The molecule has 0 aromatic heterocycles. The lowest BCUT2D eigenvalue weighted by Gasteiger charge is -2.19. The molecule has 0 amide bonds. The van der Waals surface area contributed by atoms with Crippen molar-refractivity contribution in [2.75, 3.05) is 13.1 Å². The summed E-state index contributed by atoms with van der Waals surface area (Å²) in [5.41, 5.74) is -0.983. The van der Waals surface area contributed by atoms with Gasteiger partial charge in [0, 0.05) is 12.6 Å². The van der Waals surface area contributed by atoms with Crippen molar-refractivity contribution in [3.63, 3.8) is 0 Å². The molecule has 0 fully saturated rings. The molecule has 0 saturated carbocycles. The molecular formula is C11H13FN2O6S. The zero-order chi connectivity index (χ0) is 16.2. The Morgan fingerprint density at radius 2 is 2.10 bits per heavy atom. The average molecular weight is 320 g/mol. The van der Waals surface area contributed by atoms with E-state index < -0.39 is 43.9 Å². The molecule has 0 heterocycles. The molecule has 8 nitrogen and oxygen atoms in total. The second-order valence-electron chi connectivity index (χ2n) is 4.10. The van der Waals surface area contributed by atoms with Gasteiger partial charge in [0.25, 0.3) is 0 Å². The number of nitrogens with zero attached hydrogens (tertiary/aromatic N) is 2. The summed E-state index contributed by atoms with van der Waals surface area (Å²) in [7, 11) is -4.25. The predicted octanol–water partition coefficient (Wildman–Crippen LogP) is 1.22. The summed E-state index contributed by atoms with van der Waals surface area (Å²) in [5.74, 6) is -2.53. The number of halogens is 1. The molecular weight excluding hydrogens is 307 g/mol. The highest BCUT2D eigenvalue weighted by Gasteiger charge is 2.28. The SMILES string of the molecule is CCCN(CC(=O)O)S(=O)(=O)c1ccc(F)c([N+](=O)[O-])c1. The van der Waals surface area contributed by atoms with Crippen LogP contribution in [0.2, 0.25) is 0 Å². The Morgan fingerprint density at radius 3 is 2.57 bits per heavy atom. The van der Waals surface area contributed by atoms with Crippen LogP contribution in [0.25, 0.3) is 0 Å². The third kappa shape index (κ3) is 3.95. The van der Waals surface area contributed by atoms with Crippen LogP contribution in [-0.2, 0) is 14.8 Å². The van der Waals surface area contributed by atoms with Gasteiger partial charge in [-0.3, -0.25) is 14.9 Å². The molecule has 0 unspecified atom stereocenters. The van der Waals surface area contributed by atoms with Crippen LogP contribution in [-0.4, -0.2) is 41.8 Å². The van der Waals surface area contributed by atoms with E-state index in [0.717, 1.165) is 6.07 Å². The maximum Gasteiger partial charge on any atom is 0.318 e. The first kappa shape index (κ1) is 17.0. The van der Waals surface area contributed by atoms with Gasteiger partial charge in [-0.1, -0.05) is 6.92 Å². The second kappa shape index (κ2) is 6.59. The molecule has 10 heteroatoms. The van der Waals surface area contributed by atoms with E-state index in [4.69, 9.17) is 5.11 Å². The summed E-state index contributed by atoms with van der Waals surface area (Å²) in [4.78, 5) is 19.8. The molecule has 0 atom stereocenters. The summed E-state index contributed by atoms with van der Waals surface area (Å²) in [6.45, 7) is 0.804. The smallest absolute Gasteiger partial charge is 0.318 e. The van der Waals surface area contributed by atoms with E-state index in [0.29, 0.717) is 22.9 Å². The first-order valence-corrected chi connectivity index (χ1v) is 7.30. The van der Waals surface area contributed by atoms with Gasteiger partial charge >= 0.3 is 11.7 Å². The van der Waals surface area contributed by atoms with Crippen LogP contribution in [0.5, 0.6) is 0 Å². The standard InChI is InChI=1S/C11H13FN2O6S/c1-2-5-13(7-11(15)16)21(19,20)8-3-4-9(12)10(6-8)14(17)18/h3-4,6H,2,5,7H2,1H3,(H,15,16). The van der Waals surface area contributed by atoms with Crippen LogP contribution in [0.3, 0.4) is 0 Å². The molecule has 21 heavy (non-hydrogen) atoms. The summed E-state index contributed by atoms with van der Waals surface area (Å²) < 4.78 is 38.4. The minimum Gasteiger partial charge on any atom is -0.480 e. The van der Waals surface area contributed by atoms with Crippen molar-refractivity contribution >= 4 is 21.7 Å². The molecule has 0 aliphatic heterocycles. The Kier molecular flexibility index (Phi) is 5.33. The highest BCUT2D eigenvalue weighted by atomic mass is 32.2. The molecule has 0 radical (unpaired) electrons. The summed E-state index contributed by atoms with van der Waals surface area (Å²) in [6.07, 6.45) is 0.357. The number of hydrogen-bond acceptors (Lipinski definition) is 5. The molecule has 1 aromatic rings. The lowest BCUT2D eigenvalue weighted by atomic mass is 10.3. The highest BCUT2D eigenvalue weighted by molar-refractivity contribution is 7.89. The van der Waals surface area contributed by atoms with Gasteiger partial charge in [0.15, 0.2) is 0 Å². The van der Waals surface area contributed by atoms with Crippen LogP contribution in [0.1, 0.15) is 13.3 Å². The van der Waals surface area contributed by atoms with Crippen LogP contribution in [0.4, 0.5) is 10.1 Å². The number of nitro benzene ring substituents is 1. The number of carboxylic acids is 1. The fourth-order valence-corrected chi connectivity index (χ4v) is 3.13. The molecule has 1 rings (SSSR count). The number of hydrogen-bond donors (Lipinski definition) is 1. The number of benzene rings is 1. The van der Waals surface area contributed by atoms with Gasteiger partial charge in [-0.05, 0) is 18.6 Å². The van der Waals surface area contributed by atoms with Gasteiger partial charge in [-0.2, -0.15) is 8.70 Å². The predicted molar refractivity (Wildman–Crippen MR) is 69.7 cm³/mol. The summed E-state index contributed by atoms with van der Waals surface area (Å²) in [5, 5.41) is 19.4. The minimum atomic E-state index is -4.25. The minimum absolute atomic E-state index is 0.0696. The van der Waals surface area contributed by atoms with Crippen molar-refractivity contribution in [3.8, 4) is 0 Å². The fourth-order valence-electron chi connectivity index (χ4n) is 1.63.